The van der Waals surface area contributed by atoms with Crippen molar-refractivity contribution >= 4 is 23.8 Å². The molecule has 2 amide bonds. The summed E-state index contributed by atoms with van der Waals surface area (Å²) >= 11 is 0. The standard InChI is InChI=1S/C19H32N2O9/c1-3-7-27-10-12-29-18(24)14-16(22)20-5-6-21-17(23)15-19(25)30-13-11-28-9-8-26-4-2/h4H,2-3,5-15H2,1H3,(H,20,22)(H,21,23). The van der Waals surface area contributed by atoms with Crippen LogP contribution in [0.5, 0.6) is 0 Å². The molecule has 0 rings (SSSR count). The summed E-state index contributed by atoms with van der Waals surface area (Å²) in [5.74, 6) is -2.41. The SMILES string of the molecule is C=COCCOCCOC(=O)CC(=O)NCCNC(=O)CC(=O)OCCOCCC. The van der Waals surface area contributed by atoms with Crippen molar-refractivity contribution in [3.63, 3.8) is 0 Å². The molecule has 172 valence electrons. The number of esters is 2. The Hall–Kier alpha value is -2.66. The molecule has 0 fully saturated rings. The zero-order valence-electron chi connectivity index (χ0n) is 17.4. The van der Waals surface area contributed by atoms with Crippen molar-refractivity contribution in [3.05, 3.63) is 12.8 Å². The van der Waals surface area contributed by atoms with Gasteiger partial charge in [-0.2, -0.15) is 0 Å². The Labute approximate surface area is 176 Å². The van der Waals surface area contributed by atoms with Gasteiger partial charge in [0, 0.05) is 19.7 Å². The molecular weight excluding hydrogens is 400 g/mol. The average Bonchev–Trinajstić information content (AvgIpc) is 2.70. The largest absolute Gasteiger partial charge is 0.499 e. The minimum absolute atomic E-state index is 0.0249. The van der Waals surface area contributed by atoms with Gasteiger partial charge in [0.1, 0.15) is 32.7 Å². The third-order valence-corrected chi connectivity index (χ3v) is 3.17. The van der Waals surface area contributed by atoms with Crippen molar-refractivity contribution in [2.75, 3.05) is 59.3 Å². The second-order valence-corrected chi connectivity index (χ2v) is 5.76. The van der Waals surface area contributed by atoms with Crippen LogP contribution in [-0.4, -0.2) is 83.1 Å². The lowest BCUT2D eigenvalue weighted by Gasteiger charge is -2.08. The van der Waals surface area contributed by atoms with Gasteiger partial charge in [-0.15, -0.1) is 0 Å². The first-order valence-corrected chi connectivity index (χ1v) is 9.72. The van der Waals surface area contributed by atoms with Crippen LogP contribution in [0.2, 0.25) is 0 Å². The minimum Gasteiger partial charge on any atom is -0.499 e. The molecule has 0 unspecified atom stereocenters. The number of ether oxygens (including phenoxy) is 5. The van der Waals surface area contributed by atoms with Crippen LogP contribution in [0.15, 0.2) is 12.8 Å². The first-order chi connectivity index (χ1) is 14.5. The molecular formula is C19H32N2O9. The van der Waals surface area contributed by atoms with Crippen LogP contribution >= 0.6 is 0 Å². The summed E-state index contributed by atoms with van der Waals surface area (Å²) in [5, 5.41) is 4.92. The highest BCUT2D eigenvalue weighted by atomic mass is 16.6. The molecule has 2 N–H and O–H groups in total. The normalized spacial score (nSPS) is 10.0. The first-order valence-electron chi connectivity index (χ1n) is 9.72. The van der Waals surface area contributed by atoms with E-state index in [0.29, 0.717) is 19.8 Å². The highest BCUT2D eigenvalue weighted by Crippen LogP contribution is 1.90. The van der Waals surface area contributed by atoms with Gasteiger partial charge < -0.3 is 34.3 Å². The molecule has 0 aromatic rings. The first kappa shape index (κ1) is 27.3. The Bertz CT molecular complexity index is 526. The maximum atomic E-state index is 11.6. The Morgan fingerprint density at radius 1 is 0.733 bits per heavy atom. The second kappa shape index (κ2) is 19.6. The molecule has 0 atom stereocenters. The van der Waals surface area contributed by atoms with Crippen molar-refractivity contribution in [2.24, 2.45) is 0 Å². The van der Waals surface area contributed by atoms with Crippen molar-refractivity contribution in [3.8, 4) is 0 Å². The van der Waals surface area contributed by atoms with Gasteiger partial charge in [0.2, 0.25) is 11.8 Å². The van der Waals surface area contributed by atoms with Crippen LogP contribution in [0.4, 0.5) is 0 Å². The Kier molecular flexibility index (Phi) is 17.9. The van der Waals surface area contributed by atoms with Crippen molar-refractivity contribution in [1.82, 2.24) is 10.6 Å². The molecule has 0 saturated heterocycles. The van der Waals surface area contributed by atoms with E-state index in [1.807, 2.05) is 6.92 Å². The fourth-order valence-corrected chi connectivity index (χ4v) is 1.86. The fourth-order valence-electron chi connectivity index (χ4n) is 1.86. The van der Waals surface area contributed by atoms with E-state index in [0.717, 1.165) is 6.42 Å². The zero-order valence-corrected chi connectivity index (χ0v) is 17.4. The summed E-state index contributed by atoms with van der Waals surface area (Å²) in [6, 6.07) is 0. The predicted octanol–water partition coefficient (Wildman–Crippen LogP) is -0.311. The van der Waals surface area contributed by atoms with E-state index in [1.54, 1.807) is 0 Å². The van der Waals surface area contributed by atoms with E-state index < -0.39 is 36.6 Å². The molecule has 0 radical (unpaired) electrons. The summed E-state index contributed by atoms with van der Waals surface area (Å²) < 4.78 is 24.8. The maximum absolute atomic E-state index is 11.6. The van der Waals surface area contributed by atoms with Crippen molar-refractivity contribution < 1.29 is 42.9 Å². The number of amides is 2. The molecule has 30 heavy (non-hydrogen) atoms. The number of carbonyl (C=O) groups excluding carboxylic acids is 4. The topological polar surface area (TPSA) is 138 Å². The average molecular weight is 432 g/mol. The van der Waals surface area contributed by atoms with Gasteiger partial charge >= 0.3 is 11.9 Å². The molecule has 0 heterocycles. The summed E-state index contributed by atoms with van der Waals surface area (Å²) in [5.41, 5.74) is 0. The number of rotatable bonds is 19. The van der Waals surface area contributed by atoms with Gasteiger partial charge in [0.25, 0.3) is 0 Å². The highest BCUT2D eigenvalue weighted by Gasteiger charge is 2.12. The molecule has 11 nitrogen and oxygen atoms in total. The van der Waals surface area contributed by atoms with Crippen molar-refractivity contribution in [2.45, 2.75) is 26.2 Å². The predicted molar refractivity (Wildman–Crippen MR) is 105 cm³/mol. The summed E-state index contributed by atoms with van der Waals surface area (Å²) in [4.78, 5) is 46.1. The monoisotopic (exact) mass is 432 g/mol. The summed E-state index contributed by atoms with van der Waals surface area (Å²) in [6.07, 6.45) is 1.30. The van der Waals surface area contributed by atoms with Gasteiger partial charge in [-0.25, -0.2) is 0 Å². The van der Waals surface area contributed by atoms with Gasteiger partial charge in [-0.05, 0) is 6.42 Å². The molecule has 0 aromatic carbocycles. The molecule has 0 spiro atoms. The summed E-state index contributed by atoms with van der Waals surface area (Å²) in [7, 11) is 0. The molecule has 0 bridgehead atoms. The van der Waals surface area contributed by atoms with Gasteiger partial charge in [0.05, 0.1) is 26.1 Å². The fraction of sp³-hybridized carbons (Fsp3) is 0.684. The third kappa shape index (κ3) is 18.7. The van der Waals surface area contributed by atoms with Crippen LogP contribution in [-0.2, 0) is 42.9 Å². The lowest BCUT2D eigenvalue weighted by Crippen LogP contribution is -2.36. The van der Waals surface area contributed by atoms with E-state index >= 15 is 0 Å². The van der Waals surface area contributed by atoms with E-state index in [2.05, 4.69) is 17.2 Å². The number of hydrogen-bond donors (Lipinski definition) is 2. The van der Waals surface area contributed by atoms with E-state index in [4.69, 9.17) is 23.7 Å². The van der Waals surface area contributed by atoms with Crippen molar-refractivity contribution in [1.29, 1.82) is 0 Å². The van der Waals surface area contributed by atoms with Crippen LogP contribution in [0.3, 0.4) is 0 Å². The van der Waals surface area contributed by atoms with E-state index in [-0.39, 0.29) is 39.5 Å². The van der Waals surface area contributed by atoms with E-state index in [9.17, 15) is 19.2 Å². The number of hydrogen-bond acceptors (Lipinski definition) is 9. The molecule has 0 aliphatic rings. The molecule has 11 heteroatoms. The number of nitrogens with one attached hydrogen (secondary N) is 2. The highest BCUT2D eigenvalue weighted by molar-refractivity contribution is 5.95. The lowest BCUT2D eigenvalue weighted by atomic mass is 10.4. The van der Waals surface area contributed by atoms with Crippen LogP contribution < -0.4 is 10.6 Å². The Morgan fingerprint density at radius 3 is 1.67 bits per heavy atom. The quantitative estimate of drug-likeness (QED) is 0.122. The van der Waals surface area contributed by atoms with E-state index in [1.165, 1.54) is 6.26 Å². The van der Waals surface area contributed by atoms with Crippen LogP contribution in [0.1, 0.15) is 26.2 Å². The molecule has 0 aliphatic heterocycles. The van der Waals surface area contributed by atoms with Gasteiger partial charge in [0.15, 0.2) is 0 Å². The molecule has 0 aliphatic carbocycles. The zero-order chi connectivity index (χ0) is 22.5. The maximum Gasteiger partial charge on any atom is 0.315 e. The minimum atomic E-state index is -0.687. The lowest BCUT2D eigenvalue weighted by molar-refractivity contribution is -0.149. The van der Waals surface area contributed by atoms with Crippen LogP contribution in [0, 0.1) is 0 Å². The molecule has 0 saturated carbocycles. The molecule has 0 aromatic heterocycles. The van der Waals surface area contributed by atoms with Gasteiger partial charge in [-0.1, -0.05) is 13.5 Å². The van der Waals surface area contributed by atoms with Crippen LogP contribution in [0.25, 0.3) is 0 Å². The smallest absolute Gasteiger partial charge is 0.315 e. The Morgan fingerprint density at radius 2 is 1.20 bits per heavy atom. The Balaban J connectivity index is 3.62. The second-order valence-electron chi connectivity index (χ2n) is 5.76. The summed E-state index contributed by atoms with van der Waals surface area (Å²) in [6.45, 7) is 7.41. The third-order valence-electron chi connectivity index (χ3n) is 3.17. The van der Waals surface area contributed by atoms with Gasteiger partial charge in [-0.3, -0.25) is 19.2 Å². The number of carbonyl (C=O) groups is 4.